The molecule has 33 heavy (non-hydrogen) atoms. The zero-order chi connectivity index (χ0) is 23.5. The van der Waals surface area contributed by atoms with Gasteiger partial charge in [0.1, 0.15) is 11.5 Å². The van der Waals surface area contributed by atoms with Crippen molar-refractivity contribution in [2.24, 2.45) is 0 Å². The number of ether oxygens (including phenoxy) is 1. The first kappa shape index (κ1) is 22.6. The molecule has 1 aliphatic heterocycles. The molecule has 1 saturated heterocycles. The van der Waals surface area contributed by atoms with E-state index >= 15 is 0 Å². The summed E-state index contributed by atoms with van der Waals surface area (Å²) >= 11 is 6.21. The minimum atomic E-state index is -0.855. The van der Waals surface area contributed by atoms with E-state index in [2.05, 4.69) is 4.98 Å². The summed E-state index contributed by atoms with van der Waals surface area (Å²) in [6, 6.07) is 14.6. The number of anilines is 1. The predicted molar refractivity (Wildman–Crippen MR) is 127 cm³/mol. The number of amides is 1. The van der Waals surface area contributed by atoms with Gasteiger partial charge in [-0.05, 0) is 66.9 Å². The van der Waals surface area contributed by atoms with Gasteiger partial charge >= 0.3 is 0 Å². The van der Waals surface area contributed by atoms with Gasteiger partial charge in [-0.15, -0.1) is 0 Å². The molecule has 168 valence electrons. The first-order chi connectivity index (χ1) is 15.9. The molecule has 2 heterocycles. The highest BCUT2D eigenvalue weighted by atomic mass is 35.5. The van der Waals surface area contributed by atoms with Crippen LogP contribution in [0.5, 0.6) is 5.75 Å². The van der Waals surface area contributed by atoms with Crippen molar-refractivity contribution in [1.82, 2.24) is 4.98 Å². The van der Waals surface area contributed by atoms with Crippen molar-refractivity contribution in [2.45, 2.75) is 26.3 Å². The lowest BCUT2D eigenvalue weighted by Crippen LogP contribution is -2.30. The fourth-order valence-electron chi connectivity index (χ4n) is 3.86. The lowest BCUT2D eigenvalue weighted by Gasteiger charge is -2.26. The summed E-state index contributed by atoms with van der Waals surface area (Å²) in [6.07, 6.45) is 4.06. The molecular weight excluding hydrogens is 440 g/mol. The molecule has 0 radical (unpaired) electrons. The molecule has 1 aliphatic rings. The third kappa shape index (κ3) is 4.34. The van der Waals surface area contributed by atoms with Crippen LogP contribution in [0.4, 0.5) is 5.69 Å². The number of aliphatic hydroxyl groups excluding tert-OH is 1. The Morgan fingerprint density at radius 2 is 1.91 bits per heavy atom. The minimum Gasteiger partial charge on any atom is -0.507 e. The molecule has 1 N–H and O–H groups in total. The topological polar surface area (TPSA) is 79.7 Å². The number of carbonyl (C=O) groups excluding carboxylic acids is 2. The Labute approximate surface area is 197 Å². The molecule has 1 amide bonds. The van der Waals surface area contributed by atoms with Crippen molar-refractivity contribution in [3.05, 3.63) is 94.3 Å². The summed E-state index contributed by atoms with van der Waals surface area (Å²) in [7, 11) is 0. The van der Waals surface area contributed by atoms with Gasteiger partial charge in [0.25, 0.3) is 11.7 Å². The number of aryl methyl sites for hydroxylation is 1. The van der Waals surface area contributed by atoms with Crippen LogP contribution in [0.25, 0.3) is 5.76 Å². The molecule has 1 atom stereocenters. The van der Waals surface area contributed by atoms with E-state index in [1.807, 2.05) is 13.8 Å². The van der Waals surface area contributed by atoms with Gasteiger partial charge in [-0.2, -0.15) is 0 Å². The van der Waals surface area contributed by atoms with Crippen molar-refractivity contribution in [2.75, 3.05) is 11.5 Å². The van der Waals surface area contributed by atoms with Crippen LogP contribution in [0, 0.1) is 6.92 Å². The third-order valence-electron chi connectivity index (χ3n) is 5.48. The maximum Gasteiger partial charge on any atom is 0.300 e. The Kier molecular flexibility index (Phi) is 6.47. The minimum absolute atomic E-state index is 0.00500. The number of rotatable bonds is 6. The van der Waals surface area contributed by atoms with Crippen LogP contribution in [0.2, 0.25) is 5.02 Å². The van der Waals surface area contributed by atoms with Crippen LogP contribution in [-0.4, -0.2) is 28.4 Å². The fourth-order valence-corrected chi connectivity index (χ4v) is 4.03. The molecule has 0 spiro atoms. The van der Waals surface area contributed by atoms with Crippen LogP contribution in [0.3, 0.4) is 0 Å². The van der Waals surface area contributed by atoms with Crippen LogP contribution in [0.1, 0.15) is 36.1 Å². The van der Waals surface area contributed by atoms with Gasteiger partial charge in [-0.3, -0.25) is 19.5 Å². The number of halogens is 1. The molecule has 0 aliphatic carbocycles. The molecule has 1 unspecified atom stereocenters. The monoisotopic (exact) mass is 462 g/mol. The Morgan fingerprint density at radius 3 is 2.58 bits per heavy atom. The second-order valence-electron chi connectivity index (χ2n) is 7.76. The summed E-state index contributed by atoms with van der Waals surface area (Å²) < 4.78 is 5.60. The summed E-state index contributed by atoms with van der Waals surface area (Å²) in [5, 5.41) is 11.6. The number of benzene rings is 2. The molecule has 1 fully saturated rings. The number of hydrogen-bond donors (Lipinski definition) is 1. The van der Waals surface area contributed by atoms with E-state index in [4.69, 9.17) is 16.3 Å². The Bertz CT molecular complexity index is 1220. The molecule has 0 bridgehead atoms. The van der Waals surface area contributed by atoms with E-state index in [0.29, 0.717) is 34.2 Å². The van der Waals surface area contributed by atoms with Crippen LogP contribution < -0.4 is 9.64 Å². The highest BCUT2D eigenvalue weighted by Gasteiger charge is 2.47. The standard InChI is InChI=1S/C26H23ClN2O4/c1-3-13-33-20-10-7-17(8-11-20)24(30)22-23(18-5-4-12-28-15-18)29(26(32)25(22)31)21-14-19(27)9-6-16(21)2/h4-12,14-15,23,30H,3,13H2,1-2H3/b24-22+. The molecule has 2 aromatic carbocycles. The largest absolute Gasteiger partial charge is 0.507 e. The zero-order valence-corrected chi connectivity index (χ0v) is 19.0. The van der Waals surface area contributed by atoms with Crippen molar-refractivity contribution < 1.29 is 19.4 Å². The Hall–Kier alpha value is -3.64. The predicted octanol–water partition coefficient (Wildman–Crippen LogP) is 5.46. The van der Waals surface area contributed by atoms with Crippen molar-refractivity contribution in [3.8, 4) is 5.75 Å². The number of hydrogen-bond acceptors (Lipinski definition) is 5. The second kappa shape index (κ2) is 9.46. The highest BCUT2D eigenvalue weighted by Crippen LogP contribution is 2.43. The van der Waals surface area contributed by atoms with E-state index in [1.165, 1.54) is 4.90 Å². The SMILES string of the molecule is CCCOc1ccc(/C(O)=C2\C(=O)C(=O)N(c3cc(Cl)ccc3C)C2c2cccnc2)cc1. The molecule has 3 aromatic rings. The average Bonchev–Trinajstić information content (AvgIpc) is 3.10. The van der Waals surface area contributed by atoms with E-state index in [0.717, 1.165) is 12.0 Å². The number of Topliss-reactive ketones (excluding diaryl/α,β-unsaturated/α-hetero) is 1. The molecule has 4 rings (SSSR count). The van der Waals surface area contributed by atoms with Crippen molar-refractivity contribution in [1.29, 1.82) is 0 Å². The molecule has 6 nitrogen and oxygen atoms in total. The van der Waals surface area contributed by atoms with E-state index in [1.54, 1.807) is 67.0 Å². The smallest absolute Gasteiger partial charge is 0.300 e. The number of nitrogens with zero attached hydrogens (tertiary/aromatic N) is 2. The van der Waals surface area contributed by atoms with E-state index in [9.17, 15) is 14.7 Å². The average molecular weight is 463 g/mol. The summed E-state index contributed by atoms with van der Waals surface area (Å²) in [6.45, 7) is 4.43. The van der Waals surface area contributed by atoms with Gasteiger partial charge in [-0.25, -0.2) is 0 Å². The van der Waals surface area contributed by atoms with Gasteiger partial charge < -0.3 is 9.84 Å². The molecule has 7 heteroatoms. The van der Waals surface area contributed by atoms with E-state index in [-0.39, 0.29) is 11.3 Å². The summed E-state index contributed by atoms with van der Waals surface area (Å²) in [5.74, 6) is -1.11. The summed E-state index contributed by atoms with van der Waals surface area (Å²) in [5.41, 5.74) is 2.28. The maximum absolute atomic E-state index is 13.2. The Morgan fingerprint density at radius 1 is 1.15 bits per heavy atom. The highest BCUT2D eigenvalue weighted by molar-refractivity contribution is 6.52. The van der Waals surface area contributed by atoms with Crippen molar-refractivity contribution >= 4 is 34.7 Å². The number of ketones is 1. The van der Waals surface area contributed by atoms with Crippen LogP contribution >= 0.6 is 11.6 Å². The lowest BCUT2D eigenvalue weighted by molar-refractivity contribution is -0.132. The summed E-state index contributed by atoms with van der Waals surface area (Å²) in [4.78, 5) is 32.0. The normalized spacial score (nSPS) is 17.4. The number of carbonyl (C=O) groups is 2. The number of pyridine rings is 1. The molecule has 0 saturated carbocycles. The van der Waals surface area contributed by atoms with E-state index < -0.39 is 17.7 Å². The molecule has 1 aromatic heterocycles. The first-order valence-corrected chi connectivity index (χ1v) is 11.0. The third-order valence-corrected chi connectivity index (χ3v) is 5.71. The van der Waals surface area contributed by atoms with Gasteiger partial charge in [-0.1, -0.05) is 30.7 Å². The van der Waals surface area contributed by atoms with Gasteiger partial charge in [0, 0.05) is 28.7 Å². The van der Waals surface area contributed by atoms with Gasteiger partial charge in [0.15, 0.2) is 0 Å². The fraction of sp³-hybridized carbons (Fsp3) is 0.192. The first-order valence-electron chi connectivity index (χ1n) is 10.6. The van der Waals surface area contributed by atoms with Crippen LogP contribution in [-0.2, 0) is 9.59 Å². The quantitative estimate of drug-likeness (QED) is 0.299. The molecular formula is C26H23ClN2O4. The van der Waals surface area contributed by atoms with Crippen LogP contribution in [0.15, 0.2) is 72.6 Å². The number of aliphatic hydroxyl groups is 1. The second-order valence-corrected chi connectivity index (χ2v) is 8.20. The maximum atomic E-state index is 13.2. The van der Waals surface area contributed by atoms with Gasteiger partial charge in [0.2, 0.25) is 0 Å². The number of aromatic nitrogens is 1. The lowest BCUT2D eigenvalue weighted by atomic mass is 9.96. The van der Waals surface area contributed by atoms with Gasteiger partial charge in [0.05, 0.1) is 18.2 Å². The van der Waals surface area contributed by atoms with Crippen molar-refractivity contribution in [3.63, 3.8) is 0 Å². The Balaban J connectivity index is 1.86. The zero-order valence-electron chi connectivity index (χ0n) is 18.3.